The van der Waals surface area contributed by atoms with Gasteiger partial charge in [0.05, 0.1) is 11.6 Å². The molecule has 0 saturated heterocycles. The minimum atomic E-state index is -0.0324. The van der Waals surface area contributed by atoms with E-state index in [1.165, 1.54) is 0 Å². The first-order chi connectivity index (χ1) is 9.70. The standard InChI is InChI=1S/C14H14ClN3O2/c15-13-9-11(4-5-12(13)14(16)18-19)20-8-6-10-3-1-2-7-17-10/h1-5,7,9,19H,6,8H2,(H2,16,18). The summed E-state index contributed by atoms with van der Waals surface area (Å²) in [5, 5.41) is 11.9. The molecule has 0 amide bonds. The molecule has 1 aromatic heterocycles. The van der Waals surface area contributed by atoms with Crippen LogP contribution >= 0.6 is 11.6 Å². The molecule has 2 aromatic rings. The maximum absolute atomic E-state index is 8.62. The normalized spacial score (nSPS) is 11.3. The molecule has 0 unspecified atom stereocenters. The monoisotopic (exact) mass is 291 g/mol. The van der Waals surface area contributed by atoms with E-state index in [4.69, 9.17) is 27.3 Å². The Hall–Kier alpha value is -2.27. The fourth-order valence-electron chi connectivity index (χ4n) is 1.67. The van der Waals surface area contributed by atoms with Gasteiger partial charge >= 0.3 is 0 Å². The first kappa shape index (κ1) is 14.1. The Morgan fingerprint density at radius 3 is 2.85 bits per heavy atom. The first-order valence-electron chi connectivity index (χ1n) is 6.01. The summed E-state index contributed by atoms with van der Waals surface area (Å²) >= 11 is 6.03. The average molecular weight is 292 g/mol. The highest BCUT2D eigenvalue weighted by Crippen LogP contribution is 2.22. The Morgan fingerprint density at radius 2 is 2.20 bits per heavy atom. The third kappa shape index (κ3) is 3.61. The zero-order chi connectivity index (χ0) is 14.4. The SMILES string of the molecule is NC(=NO)c1ccc(OCCc2ccccn2)cc1Cl. The molecule has 1 heterocycles. The highest BCUT2D eigenvalue weighted by atomic mass is 35.5. The molecule has 1 aromatic carbocycles. The van der Waals surface area contributed by atoms with Crippen molar-refractivity contribution in [2.45, 2.75) is 6.42 Å². The van der Waals surface area contributed by atoms with E-state index in [-0.39, 0.29) is 5.84 Å². The average Bonchev–Trinajstić information content (AvgIpc) is 2.48. The second-order valence-corrected chi connectivity index (χ2v) is 4.45. The number of rotatable bonds is 5. The second kappa shape index (κ2) is 6.77. The van der Waals surface area contributed by atoms with Crippen molar-refractivity contribution in [3.63, 3.8) is 0 Å². The number of hydrogen-bond acceptors (Lipinski definition) is 4. The van der Waals surface area contributed by atoms with Crippen LogP contribution in [0.3, 0.4) is 0 Å². The number of hydrogen-bond donors (Lipinski definition) is 2. The third-order valence-corrected chi connectivity index (χ3v) is 2.99. The molecule has 0 bridgehead atoms. The van der Waals surface area contributed by atoms with E-state index in [0.29, 0.717) is 29.4 Å². The number of amidine groups is 1. The molecular formula is C14H14ClN3O2. The highest BCUT2D eigenvalue weighted by Gasteiger charge is 2.07. The van der Waals surface area contributed by atoms with Gasteiger partial charge in [0.15, 0.2) is 5.84 Å². The summed E-state index contributed by atoms with van der Waals surface area (Å²) in [6.45, 7) is 0.496. The summed E-state index contributed by atoms with van der Waals surface area (Å²) in [6, 6.07) is 10.7. The molecule has 20 heavy (non-hydrogen) atoms. The molecule has 104 valence electrons. The van der Waals surface area contributed by atoms with Gasteiger partial charge in [-0.2, -0.15) is 0 Å². The van der Waals surface area contributed by atoms with Crippen molar-refractivity contribution in [1.29, 1.82) is 0 Å². The van der Waals surface area contributed by atoms with Crippen LogP contribution in [-0.4, -0.2) is 22.6 Å². The third-order valence-electron chi connectivity index (χ3n) is 2.68. The van der Waals surface area contributed by atoms with Crippen molar-refractivity contribution in [3.8, 4) is 5.75 Å². The molecule has 2 rings (SSSR count). The summed E-state index contributed by atoms with van der Waals surface area (Å²) in [5.41, 5.74) is 6.92. The van der Waals surface area contributed by atoms with Gasteiger partial charge in [0.25, 0.3) is 0 Å². The highest BCUT2D eigenvalue weighted by molar-refractivity contribution is 6.34. The molecule has 0 aliphatic carbocycles. The van der Waals surface area contributed by atoms with E-state index >= 15 is 0 Å². The maximum Gasteiger partial charge on any atom is 0.171 e. The number of aromatic nitrogens is 1. The predicted octanol–water partition coefficient (Wildman–Crippen LogP) is 2.45. The lowest BCUT2D eigenvalue weighted by atomic mass is 10.2. The van der Waals surface area contributed by atoms with E-state index < -0.39 is 0 Å². The van der Waals surface area contributed by atoms with E-state index in [2.05, 4.69) is 10.1 Å². The Bertz CT molecular complexity index is 603. The molecule has 0 aliphatic heterocycles. The summed E-state index contributed by atoms with van der Waals surface area (Å²) < 4.78 is 5.59. The summed E-state index contributed by atoms with van der Waals surface area (Å²) in [4.78, 5) is 4.21. The van der Waals surface area contributed by atoms with Crippen molar-refractivity contribution >= 4 is 17.4 Å². The molecule has 0 fully saturated rings. The number of benzene rings is 1. The van der Waals surface area contributed by atoms with Crippen LogP contribution in [0.25, 0.3) is 0 Å². The lowest BCUT2D eigenvalue weighted by molar-refractivity contribution is 0.318. The number of ether oxygens (including phenoxy) is 1. The van der Waals surface area contributed by atoms with Gasteiger partial charge in [-0.3, -0.25) is 4.98 Å². The van der Waals surface area contributed by atoms with E-state index in [1.54, 1.807) is 24.4 Å². The lowest BCUT2D eigenvalue weighted by Gasteiger charge is -2.08. The summed E-state index contributed by atoms with van der Waals surface area (Å²) in [7, 11) is 0. The number of nitrogens with zero attached hydrogens (tertiary/aromatic N) is 2. The van der Waals surface area contributed by atoms with Gasteiger partial charge in [0.2, 0.25) is 0 Å². The van der Waals surface area contributed by atoms with Crippen LogP contribution in [-0.2, 0) is 6.42 Å². The zero-order valence-electron chi connectivity index (χ0n) is 10.7. The van der Waals surface area contributed by atoms with Crippen molar-refractivity contribution < 1.29 is 9.94 Å². The molecule has 0 atom stereocenters. The van der Waals surface area contributed by atoms with E-state index in [0.717, 1.165) is 5.69 Å². The largest absolute Gasteiger partial charge is 0.493 e. The fraction of sp³-hybridized carbons (Fsp3) is 0.143. The molecular weight excluding hydrogens is 278 g/mol. The Balaban J connectivity index is 1.96. The Kier molecular flexibility index (Phi) is 4.79. The quantitative estimate of drug-likeness (QED) is 0.384. The summed E-state index contributed by atoms with van der Waals surface area (Å²) in [6.07, 6.45) is 2.46. The number of nitrogens with two attached hydrogens (primary N) is 1. The zero-order valence-corrected chi connectivity index (χ0v) is 11.4. The molecule has 3 N–H and O–H groups in total. The van der Waals surface area contributed by atoms with Crippen molar-refractivity contribution in [2.24, 2.45) is 10.9 Å². The Labute approximate surface area is 121 Å². The summed E-state index contributed by atoms with van der Waals surface area (Å²) in [5.74, 6) is 0.593. The predicted molar refractivity (Wildman–Crippen MR) is 77.4 cm³/mol. The molecule has 6 heteroatoms. The smallest absolute Gasteiger partial charge is 0.171 e. The van der Waals surface area contributed by atoms with Crippen LogP contribution in [0.5, 0.6) is 5.75 Å². The van der Waals surface area contributed by atoms with Crippen LogP contribution in [0.4, 0.5) is 0 Å². The fourth-order valence-corrected chi connectivity index (χ4v) is 1.93. The van der Waals surface area contributed by atoms with Gasteiger partial charge in [0.1, 0.15) is 5.75 Å². The maximum atomic E-state index is 8.62. The minimum Gasteiger partial charge on any atom is -0.493 e. The van der Waals surface area contributed by atoms with Crippen molar-refractivity contribution in [2.75, 3.05) is 6.61 Å². The van der Waals surface area contributed by atoms with Crippen LogP contribution in [0, 0.1) is 0 Å². The number of oxime groups is 1. The molecule has 5 nitrogen and oxygen atoms in total. The minimum absolute atomic E-state index is 0.0324. The number of pyridine rings is 1. The van der Waals surface area contributed by atoms with Crippen LogP contribution < -0.4 is 10.5 Å². The van der Waals surface area contributed by atoms with Crippen molar-refractivity contribution in [3.05, 3.63) is 58.9 Å². The second-order valence-electron chi connectivity index (χ2n) is 4.05. The van der Waals surface area contributed by atoms with Gasteiger partial charge in [0, 0.05) is 23.9 Å². The molecule has 0 saturated carbocycles. The molecule has 0 spiro atoms. The van der Waals surface area contributed by atoms with Crippen LogP contribution in [0.2, 0.25) is 5.02 Å². The van der Waals surface area contributed by atoms with E-state index in [1.807, 2.05) is 18.2 Å². The topological polar surface area (TPSA) is 80.7 Å². The van der Waals surface area contributed by atoms with Gasteiger partial charge in [-0.1, -0.05) is 22.8 Å². The lowest BCUT2D eigenvalue weighted by Crippen LogP contribution is -2.13. The number of halogens is 1. The van der Waals surface area contributed by atoms with Crippen LogP contribution in [0.1, 0.15) is 11.3 Å². The Morgan fingerprint density at radius 1 is 1.35 bits per heavy atom. The van der Waals surface area contributed by atoms with Gasteiger partial charge in [-0.25, -0.2) is 0 Å². The molecule has 0 aliphatic rings. The van der Waals surface area contributed by atoms with Gasteiger partial charge < -0.3 is 15.7 Å². The first-order valence-corrected chi connectivity index (χ1v) is 6.38. The van der Waals surface area contributed by atoms with E-state index in [9.17, 15) is 0 Å². The van der Waals surface area contributed by atoms with Gasteiger partial charge in [-0.05, 0) is 30.3 Å². The van der Waals surface area contributed by atoms with Gasteiger partial charge in [-0.15, -0.1) is 0 Å². The molecule has 0 radical (unpaired) electrons. The van der Waals surface area contributed by atoms with Crippen LogP contribution in [0.15, 0.2) is 47.8 Å². The van der Waals surface area contributed by atoms with Crippen molar-refractivity contribution in [1.82, 2.24) is 4.98 Å².